The lowest BCUT2D eigenvalue weighted by molar-refractivity contribution is 0.101. The van der Waals surface area contributed by atoms with Crippen molar-refractivity contribution in [1.29, 1.82) is 0 Å². The summed E-state index contributed by atoms with van der Waals surface area (Å²) in [6.07, 6.45) is 0.665. The number of phenols is 1. The van der Waals surface area contributed by atoms with Gasteiger partial charge in [-0.2, -0.15) is 0 Å². The fraction of sp³-hybridized carbons (Fsp3) is 0.259. The van der Waals surface area contributed by atoms with E-state index in [9.17, 15) is 14.7 Å². The molecule has 0 heterocycles. The third-order valence-electron chi connectivity index (χ3n) is 5.06. The Morgan fingerprint density at radius 1 is 1.00 bits per heavy atom. The monoisotopic (exact) mass is 447 g/mol. The van der Waals surface area contributed by atoms with Crippen molar-refractivity contribution in [1.82, 2.24) is 10.2 Å². The summed E-state index contributed by atoms with van der Waals surface area (Å²) in [7, 11) is 5.87. The quantitative estimate of drug-likeness (QED) is 0.255. The van der Waals surface area contributed by atoms with Crippen molar-refractivity contribution in [2.24, 2.45) is 0 Å². The number of Topliss-reactive ketones (excluding diaryl/α,β-unsaturated/α-hetero) is 1. The predicted octanol–water partition coefficient (Wildman–Crippen LogP) is 4.45. The van der Waals surface area contributed by atoms with Crippen LogP contribution in [0.4, 0.5) is 5.69 Å². The maximum absolute atomic E-state index is 11.4. The van der Waals surface area contributed by atoms with Gasteiger partial charge in [-0.25, -0.2) is 0 Å². The molecular weight excluding hydrogens is 414 g/mol. The number of rotatable bonds is 9. The second-order valence-corrected chi connectivity index (χ2v) is 7.92. The largest absolute Gasteiger partial charge is 0.507 e. The number of aromatic hydroxyl groups is 1. The minimum atomic E-state index is 0.0343. The smallest absolute Gasteiger partial charge is 0.161 e. The van der Waals surface area contributed by atoms with Crippen LogP contribution in [0.15, 0.2) is 66.7 Å². The molecule has 0 unspecified atom stereocenters. The van der Waals surface area contributed by atoms with Crippen molar-refractivity contribution in [3.8, 4) is 16.9 Å². The summed E-state index contributed by atoms with van der Waals surface area (Å²) in [6.45, 7) is 4.15. The van der Waals surface area contributed by atoms with Gasteiger partial charge < -0.3 is 20.6 Å². The summed E-state index contributed by atoms with van der Waals surface area (Å²) in [4.78, 5) is 24.1. The van der Waals surface area contributed by atoms with E-state index >= 15 is 0 Å². The van der Waals surface area contributed by atoms with E-state index < -0.39 is 0 Å². The van der Waals surface area contributed by atoms with Crippen LogP contribution in [0.2, 0.25) is 0 Å². The number of likely N-dealkylation sites (N-methyl/N-ethyl adjacent to an activating group) is 1. The van der Waals surface area contributed by atoms with E-state index in [0.717, 1.165) is 41.0 Å². The summed E-state index contributed by atoms with van der Waals surface area (Å²) in [6, 6.07) is 21.0. The molecule has 6 nitrogen and oxygen atoms in total. The van der Waals surface area contributed by atoms with Crippen molar-refractivity contribution in [2.75, 3.05) is 39.5 Å². The minimum Gasteiger partial charge on any atom is -0.507 e. The van der Waals surface area contributed by atoms with Crippen molar-refractivity contribution in [2.45, 2.75) is 13.5 Å². The van der Waals surface area contributed by atoms with Crippen LogP contribution < -0.4 is 10.6 Å². The lowest BCUT2D eigenvalue weighted by atomic mass is 10.0. The highest BCUT2D eigenvalue weighted by Gasteiger charge is 2.07. The lowest BCUT2D eigenvalue weighted by Crippen LogP contribution is -2.26. The molecule has 33 heavy (non-hydrogen) atoms. The highest BCUT2D eigenvalue weighted by molar-refractivity contribution is 6.00. The van der Waals surface area contributed by atoms with Crippen molar-refractivity contribution >= 4 is 17.8 Å². The number of carbonyl (C=O) groups excluding carboxylic acids is 2. The van der Waals surface area contributed by atoms with Crippen LogP contribution in [0.3, 0.4) is 0 Å². The van der Waals surface area contributed by atoms with Crippen LogP contribution in [0.5, 0.6) is 5.75 Å². The van der Waals surface area contributed by atoms with Crippen LogP contribution in [-0.2, 0) is 6.54 Å². The number of carbonyl (C=O) groups is 2. The molecule has 3 aromatic carbocycles. The summed E-state index contributed by atoms with van der Waals surface area (Å²) < 4.78 is 0. The van der Waals surface area contributed by atoms with E-state index in [1.807, 2.05) is 63.6 Å². The molecule has 3 N–H and O–H groups in total. The Labute approximate surface area is 196 Å². The molecule has 0 aliphatic rings. The molecule has 0 aliphatic heterocycles. The average Bonchev–Trinajstić information content (AvgIpc) is 2.83. The predicted molar refractivity (Wildman–Crippen MR) is 135 cm³/mol. The molecular formula is C27H33N3O3. The van der Waals surface area contributed by atoms with E-state index in [4.69, 9.17) is 0 Å². The molecule has 0 aromatic heterocycles. The highest BCUT2D eigenvalue weighted by atomic mass is 16.3. The SMILES string of the molecule is CN(C)CCNCc1ccc(O)c(C=O)c1.CNc1cc(-c2ccccc2)ccc1C(C)=O. The number of benzene rings is 3. The first-order valence-corrected chi connectivity index (χ1v) is 10.9. The van der Waals surface area contributed by atoms with Gasteiger partial charge in [-0.15, -0.1) is 0 Å². The first kappa shape index (κ1) is 25.8. The minimum absolute atomic E-state index is 0.0343. The van der Waals surface area contributed by atoms with Crippen LogP contribution in [0.25, 0.3) is 11.1 Å². The number of hydrogen-bond donors (Lipinski definition) is 3. The molecule has 3 rings (SSSR count). The van der Waals surface area contributed by atoms with Gasteiger partial charge in [0.25, 0.3) is 0 Å². The standard InChI is InChI=1S/C15H15NO.C12H18N2O2/c1-11(17)14-9-8-13(10-15(14)16-2)12-6-4-3-5-7-12;1-14(2)6-5-13-8-10-3-4-12(16)11(7-10)9-15/h3-10,16H,1-2H3;3-4,7,9,13,16H,5-6,8H2,1-2H3. The Kier molecular flexibility index (Phi) is 10.3. The Morgan fingerprint density at radius 3 is 2.33 bits per heavy atom. The normalized spacial score (nSPS) is 10.3. The summed E-state index contributed by atoms with van der Waals surface area (Å²) in [5.41, 5.74) is 5.20. The Bertz CT molecular complexity index is 1050. The van der Waals surface area contributed by atoms with E-state index in [2.05, 4.69) is 27.7 Å². The molecule has 0 saturated carbocycles. The molecule has 0 atom stereocenters. The summed E-state index contributed by atoms with van der Waals surface area (Å²) in [5, 5.41) is 15.7. The lowest BCUT2D eigenvalue weighted by Gasteiger charge is -2.10. The van der Waals surface area contributed by atoms with Gasteiger partial charge >= 0.3 is 0 Å². The zero-order chi connectivity index (χ0) is 24.2. The van der Waals surface area contributed by atoms with Gasteiger partial charge in [0.05, 0.1) is 5.56 Å². The van der Waals surface area contributed by atoms with Crippen molar-refractivity contribution in [3.63, 3.8) is 0 Å². The highest BCUT2D eigenvalue weighted by Crippen LogP contribution is 2.25. The van der Waals surface area contributed by atoms with E-state index in [1.54, 1.807) is 19.1 Å². The molecule has 6 heteroatoms. The number of aldehydes is 1. The molecule has 174 valence electrons. The van der Waals surface area contributed by atoms with Crippen LogP contribution in [0.1, 0.15) is 33.2 Å². The first-order chi connectivity index (χ1) is 15.8. The van der Waals surface area contributed by atoms with Gasteiger partial charge in [0, 0.05) is 37.9 Å². The van der Waals surface area contributed by atoms with Crippen LogP contribution in [-0.4, -0.2) is 56.3 Å². The number of nitrogens with zero attached hydrogens (tertiary/aromatic N) is 1. The van der Waals surface area contributed by atoms with Gasteiger partial charge in [0.1, 0.15) is 5.75 Å². The molecule has 3 aromatic rings. The summed E-state index contributed by atoms with van der Waals surface area (Å²) in [5.74, 6) is 0.112. The Morgan fingerprint density at radius 2 is 1.73 bits per heavy atom. The molecule has 0 radical (unpaired) electrons. The maximum Gasteiger partial charge on any atom is 0.161 e. The molecule has 0 bridgehead atoms. The Balaban J connectivity index is 0.000000234. The summed E-state index contributed by atoms with van der Waals surface area (Å²) >= 11 is 0. The third kappa shape index (κ3) is 8.18. The van der Waals surface area contributed by atoms with Gasteiger partial charge in [-0.05, 0) is 62.0 Å². The van der Waals surface area contributed by atoms with Gasteiger partial charge in [0.2, 0.25) is 0 Å². The van der Waals surface area contributed by atoms with Gasteiger partial charge in [0.15, 0.2) is 12.1 Å². The maximum atomic E-state index is 11.4. The van der Waals surface area contributed by atoms with Crippen molar-refractivity contribution in [3.05, 3.63) is 83.4 Å². The van der Waals surface area contributed by atoms with Crippen molar-refractivity contribution < 1.29 is 14.7 Å². The second-order valence-electron chi connectivity index (χ2n) is 7.92. The Hall–Kier alpha value is -3.48. The van der Waals surface area contributed by atoms with Crippen LogP contribution >= 0.6 is 0 Å². The second kappa shape index (κ2) is 13.2. The topological polar surface area (TPSA) is 81.7 Å². The zero-order valence-corrected chi connectivity index (χ0v) is 19.8. The molecule has 0 saturated heterocycles. The molecule has 0 fully saturated rings. The average molecular weight is 448 g/mol. The van der Waals surface area contributed by atoms with E-state index in [-0.39, 0.29) is 11.5 Å². The fourth-order valence-corrected chi connectivity index (χ4v) is 3.21. The fourth-order valence-electron chi connectivity index (χ4n) is 3.21. The number of anilines is 1. The number of hydrogen-bond acceptors (Lipinski definition) is 6. The molecule has 0 spiro atoms. The number of nitrogens with one attached hydrogen (secondary N) is 2. The van der Waals surface area contributed by atoms with E-state index in [1.165, 1.54) is 0 Å². The van der Waals surface area contributed by atoms with E-state index in [0.29, 0.717) is 18.4 Å². The van der Waals surface area contributed by atoms with Crippen LogP contribution in [0, 0.1) is 0 Å². The first-order valence-electron chi connectivity index (χ1n) is 10.9. The number of phenolic OH excluding ortho intramolecular Hbond substituents is 1. The van der Waals surface area contributed by atoms with Gasteiger partial charge in [-0.3, -0.25) is 9.59 Å². The molecule has 0 aliphatic carbocycles. The van der Waals surface area contributed by atoms with Gasteiger partial charge in [-0.1, -0.05) is 42.5 Å². The third-order valence-corrected chi connectivity index (χ3v) is 5.06. The number of ketones is 1. The molecule has 0 amide bonds. The zero-order valence-electron chi connectivity index (χ0n) is 19.8.